The highest BCUT2D eigenvalue weighted by Crippen LogP contribution is 2.22. The fourth-order valence-electron chi connectivity index (χ4n) is 2.07. The third kappa shape index (κ3) is 2.70. The molecule has 1 aromatic carbocycles. The van der Waals surface area contributed by atoms with E-state index in [1.807, 2.05) is 6.07 Å². The summed E-state index contributed by atoms with van der Waals surface area (Å²) in [5, 5.41) is 3.19. The van der Waals surface area contributed by atoms with Gasteiger partial charge >= 0.3 is 0 Å². The maximum absolute atomic E-state index is 12.3. The number of fused-ring (bicyclic) bond motifs is 1. The van der Waals surface area contributed by atoms with E-state index >= 15 is 0 Å². The summed E-state index contributed by atoms with van der Waals surface area (Å²) in [4.78, 5) is 4.27. The van der Waals surface area contributed by atoms with Crippen LogP contribution < -0.4 is 10.0 Å². The molecule has 104 valence electrons. The van der Waals surface area contributed by atoms with Crippen molar-refractivity contribution >= 4 is 31.8 Å². The molecule has 20 heavy (non-hydrogen) atoms. The summed E-state index contributed by atoms with van der Waals surface area (Å²) in [6.45, 7) is 1.49. The monoisotopic (exact) mass is 353 g/mol. The molecular formula is C13H12BrN3O2S. The van der Waals surface area contributed by atoms with E-state index in [1.54, 1.807) is 30.5 Å². The van der Waals surface area contributed by atoms with Crippen LogP contribution >= 0.6 is 15.9 Å². The first-order valence-electron chi connectivity index (χ1n) is 6.01. The van der Waals surface area contributed by atoms with Crippen molar-refractivity contribution in [2.24, 2.45) is 0 Å². The molecule has 5 nitrogen and oxygen atoms in total. The summed E-state index contributed by atoms with van der Waals surface area (Å²) >= 11 is 3.26. The van der Waals surface area contributed by atoms with Crippen molar-refractivity contribution < 1.29 is 8.42 Å². The Labute approximate surface area is 125 Å². The SMILES string of the molecule is O=S(=O)(Nc1ccc(Br)cn1)c1ccc2c(c1)CNC2. The van der Waals surface area contributed by atoms with Gasteiger partial charge in [0.2, 0.25) is 0 Å². The molecule has 0 saturated heterocycles. The molecular weight excluding hydrogens is 342 g/mol. The summed E-state index contributed by atoms with van der Waals surface area (Å²) in [7, 11) is -3.60. The average Bonchev–Trinajstić information content (AvgIpc) is 2.88. The van der Waals surface area contributed by atoms with E-state index in [1.165, 1.54) is 0 Å². The minimum absolute atomic E-state index is 0.254. The Balaban J connectivity index is 1.90. The van der Waals surface area contributed by atoms with Crippen molar-refractivity contribution in [2.45, 2.75) is 18.0 Å². The van der Waals surface area contributed by atoms with Gasteiger partial charge in [-0.25, -0.2) is 13.4 Å². The average molecular weight is 354 g/mol. The van der Waals surface area contributed by atoms with Crippen molar-refractivity contribution in [1.82, 2.24) is 10.3 Å². The van der Waals surface area contributed by atoms with Gasteiger partial charge in [0.05, 0.1) is 4.90 Å². The lowest BCUT2D eigenvalue weighted by atomic mass is 10.1. The maximum Gasteiger partial charge on any atom is 0.263 e. The molecule has 7 heteroatoms. The van der Waals surface area contributed by atoms with Crippen LogP contribution in [0.25, 0.3) is 0 Å². The Morgan fingerprint density at radius 2 is 1.95 bits per heavy atom. The van der Waals surface area contributed by atoms with Gasteiger partial charge < -0.3 is 5.32 Å². The van der Waals surface area contributed by atoms with Crippen LogP contribution in [0.2, 0.25) is 0 Å². The van der Waals surface area contributed by atoms with Crippen LogP contribution in [-0.2, 0) is 23.1 Å². The van der Waals surface area contributed by atoms with Crippen molar-refractivity contribution in [3.63, 3.8) is 0 Å². The number of benzene rings is 1. The Morgan fingerprint density at radius 3 is 2.70 bits per heavy atom. The predicted molar refractivity (Wildman–Crippen MR) is 79.7 cm³/mol. The van der Waals surface area contributed by atoms with Gasteiger partial charge in [-0.3, -0.25) is 4.72 Å². The van der Waals surface area contributed by atoms with Crippen LogP contribution in [-0.4, -0.2) is 13.4 Å². The third-order valence-corrected chi connectivity index (χ3v) is 4.91. The van der Waals surface area contributed by atoms with Crippen molar-refractivity contribution in [2.75, 3.05) is 4.72 Å². The first-order chi connectivity index (χ1) is 9.54. The number of rotatable bonds is 3. The molecule has 0 unspecified atom stereocenters. The number of aromatic nitrogens is 1. The molecule has 1 aliphatic rings. The molecule has 0 atom stereocenters. The first kappa shape index (κ1) is 13.5. The Hall–Kier alpha value is -1.44. The van der Waals surface area contributed by atoms with Gasteiger partial charge in [0.1, 0.15) is 5.82 Å². The zero-order chi connectivity index (χ0) is 14.2. The van der Waals surface area contributed by atoms with Crippen LogP contribution in [0, 0.1) is 0 Å². The fraction of sp³-hybridized carbons (Fsp3) is 0.154. The quantitative estimate of drug-likeness (QED) is 0.887. The number of hydrogen-bond acceptors (Lipinski definition) is 4. The van der Waals surface area contributed by atoms with Crippen molar-refractivity contribution in [1.29, 1.82) is 0 Å². The normalized spacial score (nSPS) is 14.1. The maximum atomic E-state index is 12.3. The summed E-state index contributed by atoms with van der Waals surface area (Å²) in [6.07, 6.45) is 1.55. The number of nitrogens with one attached hydrogen (secondary N) is 2. The summed E-state index contributed by atoms with van der Waals surface area (Å²) in [5.74, 6) is 0.298. The highest BCUT2D eigenvalue weighted by molar-refractivity contribution is 9.10. The second-order valence-corrected chi connectivity index (χ2v) is 7.10. The molecule has 2 heterocycles. The lowest BCUT2D eigenvalue weighted by Gasteiger charge is -2.08. The van der Waals surface area contributed by atoms with E-state index in [4.69, 9.17) is 0 Å². The van der Waals surface area contributed by atoms with E-state index in [0.29, 0.717) is 12.4 Å². The first-order valence-corrected chi connectivity index (χ1v) is 8.29. The van der Waals surface area contributed by atoms with E-state index < -0.39 is 10.0 Å². The van der Waals surface area contributed by atoms with Gasteiger partial charge in [0, 0.05) is 23.8 Å². The third-order valence-electron chi connectivity index (χ3n) is 3.09. The van der Waals surface area contributed by atoms with E-state index in [-0.39, 0.29) is 4.90 Å². The predicted octanol–water partition coefficient (Wildman–Crippen LogP) is 2.25. The van der Waals surface area contributed by atoms with Crippen LogP contribution in [0.3, 0.4) is 0 Å². The van der Waals surface area contributed by atoms with Crippen LogP contribution in [0.1, 0.15) is 11.1 Å². The van der Waals surface area contributed by atoms with Crippen molar-refractivity contribution in [3.8, 4) is 0 Å². The van der Waals surface area contributed by atoms with Crippen LogP contribution in [0.15, 0.2) is 45.9 Å². The molecule has 2 N–H and O–H groups in total. The summed E-state index contributed by atoms with van der Waals surface area (Å²) in [5.41, 5.74) is 2.17. The molecule has 0 spiro atoms. The zero-order valence-corrected chi connectivity index (χ0v) is 12.8. The van der Waals surface area contributed by atoms with E-state index in [2.05, 4.69) is 31.0 Å². The molecule has 0 radical (unpaired) electrons. The molecule has 0 aliphatic carbocycles. The number of sulfonamides is 1. The number of nitrogens with zero attached hydrogens (tertiary/aromatic N) is 1. The number of hydrogen-bond donors (Lipinski definition) is 2. The van der Waals surface area contributed by atoms with Gasteiger partial charge in [-0.15, -0.1) is 0 Å². The minimum atomic E-state index is -3.60. The van der Waals surface area contributed by atoms with Gasteiger partial charge in [-0.1, -0.05) is 6.07 Å². The molecule has 0 saturated carbocycles. The largest absolute Gasteiger partial charge is 0.309 e. The number of anilines is 1. The second kappa shape index (κ2) is 5.16. The lowest BCUT2D eigenvalue weighted by Crippen LogP contribution is -2.14. The van der Waals surface area contributed by atoms with Crippen molar-refractivity contribution in [3.05, 3.63) is 52.1 Å². The molecule has 3 rings (SSSR count). The number of pyridine rings is 1. The van der Waals surface area contributed by atoms with Crippen LogP contribution in [0.5, 0.6) is 0 Å². The fourth-order valence-corrected chi connectivity index (χ4v) is 3.36. The Bertz CT molecular complexity index is 745. The molecule has 0 fully saturated rings. The second-order valence-electron chi connectivity index (χ2n) is 4.50. The molecule has 0 bridgehead atoms. The Morgan fingerprint density at radius 1 is 1.15 bits per heavy atom. The topological polar surface area (TPSA) is 71.1 Å². The van der Waals surface area contributed by atoms with Gasteiger partial charge in [0.15, 0.2) is 0 Å². The minimum Gasteiger partial charge on any atom is -0.309 e. The number of halogens is 1. The highest BCUT2D eigenvalue weighted by atomic mass is 79.9. The highest BCUT2D eigenvalue weighted by Gasteiger charge is 2.18. The molecule has 1 aromatic heterocycles. The molecule has 0 amide bonds. The van der Waals surface area contributed by atoms with Crippen LogP contribution in [0.4, 0.5) is 5.82 Å². The van der Waals surface area contributed by atoms with Gasteiger partial charge in [-0.2, -0.15) is 0 Å². The smallest absolute Gasteiger partial charge is 0.263 e. The summed E-state index contributed by atoms with van der Waals surface area (Å²) < 4.78 is 27.9. The summed E-state index contributed by atoms with van der Waals surface area (Å²) in [6, 6.07) is 8.51. The Kier molecular flexibility index (Phi) is 3.49. The van der Waals surface area contributed by atoms with Gasteiger partial charge in [0.25, 0.3) is 10.0 Å². The molecule has 2 aromatic rings. The van der Waals surface area contributed by atoms with Gasteiger partial charge in [-0.05, 0) is 51.3 Å². The van der Waals surface area contributed by atoms with E-state index in [9.17, 15) is 8.42 Å². The zero-order valence-electron chi connectivity index (χ0n) is 10.4. The van der Waals surface area contributed by atoms with E-state index in [0.717, 1.165) is 22.1 Å². The molecule has 1 aliphatic heterocycles. The standard InChI is InChI=1S/C13H12BrN3O2S/c14-11-2-4-13(16-8-11)17-20(18,19)12-3-1-9-6-15-7-10(9)5-12/h1-5,8,15H,6-7H2,(H,16,17). The lowest BCUT2D eigenvalue weighted by molar-refractivity contribution is 0.601.